The summed E-state index contributed by atoms with van der Waals surface area (Å²) in [5.74, 6) is 0.360. The van der Waals surface area contributed by atoms with Gasteiger partial charge in [-0.1, -0.05) is 6.92 Å². The number of rotatable bonds is 5. The molecule has 0 bridgehead atoms. The number of pyridine rings is 1. The fourth-order valence-corrected chi connectivity index (χ4v) is 1.51. The van der Waals surface area contributed by atoms with Crippen LogP contribution in [-0.4, -0.2) is 29.1 Å². The van der Waals surface area contributed by atoms with Crippen LogP contribution in [0, 0.1) is 0 Å². The van der Waals surface area contributed by atoms with Gasteiger partial charge in [0, 0.05) is 25.5 Å². The lowest BCUT2D eigenvalue weighted by Gasteiger charge is -2.09. The molecule has 1 aromatic rings. The van der Waals surface area contributed by atoms with Gasteiger partial charge in [0.1, 0.15) is 0 Å². The molecule has 0 atom stereocenters. The Morgan fingerprint density at radius 3 is 2.83 bits per heavy atom. The molecule has 0 aliphatic carbocycles. The number of hydrogen-bond donors (Lipinski definition) is 3. The summed E-state index contributed by atoms with van der Waals surface area (Å²) in [7, 11) is 0. The number of aromatic nitrogens is 1. The highest BCUT2D eigenvalue weighted by Crippen LogP contribution is 1.95. The molecule has 0 aliphatic heterocycles. The molecule has 18 heavy (non-hydrogen) atoms. The lowest BCUT2D eigenvalue weighted by Crippen LogP contribution is -2.43. The summed E-state index contributed by atoms with van der Waals surface area (Å²) in [6.45, 7) is 3.50. The maximum atomic E-state index is 5.65. The zero-order valence-corrected chi connectivity index (χ0v) is 11.3. The Kier molecular flexibility index (Phi) is 6.71. The predicted molar refractivity (Wildman–Crippen MR) is 78.5 cm³/mol. The Balaban J connectivity index is 2.21. The summed E-state index contributed by atoms with van der Waals surface area (Å²) in [6, 6.07) is 3.96. The molecule has 1 rings (SSSR count). The summed E-state index contributed by atoms with van der Waals surface area (Å²) in [6.07, 6.45) is 5.41. The number of nitrogens with zero attached hydrogens (tertiary/aromatic N) is 2. The van der Waals surface area contributed by atoms with Gasteiger partial charge >= 0.3 is 0 Å². The largest absolute Gasteiger partial charge is 0.370 e. The zero-order valence-electron chi connectivity index (χ0n) is 10.5. The Hall–Kier alpha value is -1.69. The second-order valence-corrected chi connectivity index (χ2v) is 4.16. The first-order chi connectivity index (χ1) is 8.72. The third-order valence-corrected chi connectivity index (χ3v) is 2.44. The average molecular weight is 265 g/mol. The minimum atomic E-state index is 0.360. The van der Waals surface area contributed by atoms with Gasteiger partial charge in [-0.3, -0.25) is 9.98 Å². The standard InChI is InChI=1S/C12H19N5S/c1-2-6-15-11(13)17-12(18)16-9-5-10-3-7-14-8-4-10/h3-4,7-8H,2,5-6,9H2,1H3,(H4,13,15,16,17,18). The molecular weight excluding hydrogens is 246 g/mol. The number of guanidine groups is 1. The number of nitrogens with two attached hydrogens (primary N) is 1. The van der Waals surface area contributed by atoms with E-state index in [0.29, 0.717) is 17.6 Å². The van der Waals surface area contributed by atoms with Crippen molar-refractivity contribution < 1.29 is 0 Å². The average Bonchev–Trinajstić information content (AvgIpc) is 2.37. The third-order valence-electron chi connectivity index (χ3n) is 2.20. The third kappa shape index (κ3) is 6.15. The van der Waals surface area contributed by atoms with Crippen LogP contribution in [0.5, 0.6) is 0 Å². The summed E-state index contributed by atoms with van der Waals surface area (Å²) in [5, 5.41) is 6.42. The van der Waals surface area contributed by atoms with E-state index in [-0.39, 0.29) is 0 Å². The van der Waals surface area contributed by atoms with E-state index in [2.05, 4.69) is 20.6 Å². The van der Waals surface area contributed by atoms with Crippen LogP contribution in [0.15, 0.2) is 29.5 Å². The van der Waals surface area contributed by atoms with Gasteiger partial charge < -0.3 is 16.4 Å². The highest BCUT2D eigenvalue weighted by Gasteiger charge is 1.97. The molecule has 0 saturated heterocycles. The molecule has 0 radical (unpaired) electrons. The van der Waals surface area contributed by atoms with Gasteiger partial charge in [-0.25, -0.2) is 0 Å². The highest BCUT2D eigenvalue weighted by molar-refractivity contribution is 7.80. The van der Waals surface area contributed by atoms with Crippen molar-refractivity contribution in [2.75, 3.05) is 13.1 Å². The van der Waals surface area contributed by atoms with Gasteiger partial charge in [0.2, 0.25) is 0 Å². The van der Waals surface area contributed by atoms with Crippen molar-refractivity contribution in [1.29, 1.82) is 0 Å². The number of nitrogens with one attached hydrogen (secondary N) is 2. The van der Waals surface area contributed by atoms with Crippen molar-refractivity contribution in [3.05, 3.63) is 30.1 Å². The molecule has 1 aromatic heterocycles. The van der Waals surface area contributed by atoms with E-state index in [9.17, 15) is 0 Å². The topological polar surface area (TPSA) is 75.3 Å². The molecule has 1 heterocycles. The Bertz CT molecular complexity index is 391. The van der Waals surface area contributed by atoms with Gasteiger partial charge in [-0.15, -0.1) is 0 Å². The molecule has 0 fully saturated rings. The SMILES string of the molecule is CCCN=C(N)NC(=S)NCCc1ccncc1. The molecule has 0 saturated carbocycles. The fraction of sp³-hybridized carbons (Fsp3) is 0.417. The first-order valence-electron chi connectivity index (χ1n) is 5.96. The lowest BCUT2D eigenvalue weighted by molar-refractivity contribution is 0.856. The van der Waals surface area contributed by atoms with E-state index in [1.54, 1.807) is 12.4 Å². The maximum Gasteiger partial charge on any atom is 0.194 e. The van der Waals surface area contributed by atoms with E-state index in [1.165, 1.54) is 5.56 Å². The van der Waals surface area contributed by atoms with Gasteiger partial charge in [-0.2, -0.15) is 0 Å². The number of hydrogen-bond acceptors (Lipinski definition) is 3. The van der Waals surface area contributed by atoms with E-state index in [4.69, 9.17) is 18.0 Å². The Labute approximate surface area is 113 Å². The van der Waals surface area contributed by atoms with Crippen LogP contribution in [-0.2, 0) is 6.42 Å². The monoisotopic (exact) mass is 265 g/mol. The van der Waals surface area contributed by atoms with Crippen LogP contribution in [0.1, 0.15) is 18.9 Å². The quantitative estimate of drug-likeness (QED) is 0.417. The maximum absolute atomic E-state index is 5.65. The fourth-order valence-electron chi connectivity index (χ4n) is 1.30. The lowest BCUT2D eigenvalue weighted by atomic mass is 10.2. The van der Waals surface area contributed by atoms with Crippen molar-refractivity contribution in [2.45, 2.75) is 19.8 Å². The molecule has 98 valence electrons. The smallest absolute Gasteiger partial charge is 0.194 e. The van der Waals surface area contributed by atoms with Crippen molar-refractivity contribution in [2.24, 2.45) is 10.7 Å². The Morgan fingerprint density at radius 1 is 1.44 bits per heavy atom. The summed E-state index contributed by atoms with van der Waals surface area (Å²) in [4.78, 5) is 8.06. The van der Waals surface area contributed by atoms with Crippen LogP contribution < -0.4 is 16.4 Å². The van der Waals surface area contributed by atoms with E-state index < -0.39 is 0 Å². The van der Waals surface area contributed by atoms with Crippen LogP contribution in [0.4, 0.5) is 0 Å². The van der Waals surface area contributed by atoms with E-state index >= 15 is 0 Å². The molecule has 0 unspecified atom stereocenters. The van der Waals surface area contributed by atoms with Crippen molar-refractivity contribution >= 4 is 23.3 Å². The predicted octanol–water partition coefficient (Wildman–Crippen LogP) is 0.813. The number of thiocarbonyl (C=S) groups is 1. The Morgan fingerprint density at radius 2 is 2.17 bits per heavy atom. The molecule has 6 heteroatoms. The second kappa shape index (κ2) is 8.41. The first-order valence-corrected chi connectivity index (χ1v) is 6.37. The molecule has 0 aliphatic rings. The van der Waals surface area contributed by atoms with Crippen LogP contribution >= 0.6 is 12.2 Å². The van der Waals surface area contributed by atoms with Crippen molar-refractivity contribution in [1.82, 2.24) is 15.6 Å². The molecule has 5 nitrogen and oxygen atoms in total. The minimum absolute atomic E-state index is 0.360. The number of aliphatic imine (C=N–C) groups is 1. The van der Waals surface area contributed by atoms with E-state index in [0.717, 1.165) is 19.4 Å². The van der Waals surface area contributed by atoms with E-state index in [1.807, 2.05) is 19.1 Å². The van der Waals surface area contributed by atoms with Crippen LogP contribution in [0.2, 0.25) is 0 Å². The molecule has 0 aromatic carbocycles. The van der Waals surface area contributed by atoms with Gasteiger partial charge in [0.05, 0.1) is 0 Å². The zero-order chi connectivity index (χ0) is 13.2. The van der Waals surface area contributed by atoms with Crippen LogP contribution in [0.3, 0.4) is 0 Å². The minimum Gasteiger partial charge on any atom is -0.370 e. The molecular formula is C12H19N5S. The second-order valence-electron chi connectivity index (χ2n) is 3.75. The first kappa shape index (κ1) is 14.4. The summed E-state index contributed by atoms with van der Waals surface area (Å²) < 4.78 is 0. The van der Waals surface area contributed by atoms with Crippen LogP contribution in [0.25, 0.3) is 0 Å². The highest BCUT2D eigenvalue weighted by atomic mass is 32.1. The van der Waals surface area contributed by atoms with Gasteiger partial charge in [0.25, 0.3) is 0 Å². The van der Waals surface area contributed by atoms with Crippen molar-refractivity contribution in [3.63, 3.8) is 0 Å². The molecule has 0 amide bonds. The molecule has 0 spiro atoms. The normalized spacial score (nSPS) is 11.1. The summed E-state index contributed by atoms with van der Waals surface area (Å²) in [5.41, 5.74) is 6.86. The van der Waals surface area contributed by atoms with Gasteiger partial charge in [-0.05, 0) is 42.8 Å². The molecule has 4 N–H and O–H groups in total. The summed E-state index contributed by atoms with van der Waals surface area (Å²) >= 11 is 5.10. The van der Waals surface area contributed by atoms with Crippen molar-refractivity contribution in [3.8, 4) is 0 Å². The van der Waals surface area contributed by atoms with Gasteiger partial charge in [0.15, 0.2) is 11.1 Å².